The van der Waals surface area contributed by atoms with Crippen molar-refractivity contribution in [2.45, 2.75) is 76.1 Å². The summed E-state index contributed by atoms with van der Waals surface area (Å²) in [6.07, 6.45) is 8.12. The molecular weight excluding hydrogens is 496 g/mol. The highest BCUT2D eigenvalue weighted by molar-refractivity contribution is 6.29. The number of nitrogens with one attached hydrogen (secondary N) is 4. The summed E-state index contributed by atoms with van der Waals surface area (Å²) in [4.78, 5) is 33.5. The molecule has 37 heavy (non-hydrogen) atoms. The van der Waals surface area contributed by atoms with Gasteiger partial charge in [-0.15, -0.1) is 5.10 Å². The Labute approximate surface area is 219 Å². The second-order valence-corrected chi connectivity index (χ2v) is 10.3. The fourth-order valence-electron chi connectivity index (χ4n) is 4.57. The van der Waals surface area contributed by atoms with E-state index in [4.69, 9.17) is 16.7 Å². The third-order valence-electron chi connectivity index (χ3n) is 6.55. The fourth-order valence-corrected chi connectivity index (χ4v) is 4.74. The first-order valence-electron chi connectivity index (χ1n) is 12.7. The Hall–Kier alpha value is -3.44. The van der Waals surface area contributed by atoms with Gasteiger partial charge in [0, 0.05) is 36.1 Å². The molecule has 2 amide bonds. The first kappa shape index (κ1) is 25.2. The van der Waals surface area contributed by atoms with Crippen LogP contribution in [0.3, 0.4) is 0 Å². The van der Waals surface area contributed by atoms with Gasteiger partial charge in [0.2, 0.25) is 5.91 Å². The average Bonchev–Trinajstić information content (AvgIpc) is 3.55. The number of pyridine rings is 1. The second kappa shape index (κ2) is 10.9. The molecule has 2 saturated carbocycles. The van der Waals surface area contributed by atoms with E-state index >= 15 is 0 Å². The van der Waals surface area contributed by atoms with Crippen molar-refractivity contribution in [2.24, 2.45) is 0 Å². The number of amides is 2. The molecule has 11 nitrogen and oxygen atoms in total. The van der Waals surface area contributed by atoms with E-state index in [9.17, 15) is 14.7 Å². The van der Waals surface area contributed by atoms with Gasteiger partial charge in [-0.3, -0.25) is 9.59 Å². The van der Waals surface area contributed by atoms with Crippen LogP contribution >= 0.6 is 11.6 Å². The van der Waals surface area contributed by atoms with E-state index in [0.717, 1.165) is 44.2 Å². The Morgan fingerprint density at radius 2 is 1.78 bits per heavy atom. The largest absolute Gasteiger partial charge is 0.393 e. The van der Waals surface area contributed by atoms with Gasteiger partial charge in [0.1, 0.15) is 11.0 Å². The number of hydrogen-bond acceptors (Lipinski definition) is 8. The zero-order valence-electron chi connectivity index (χ0n) is 20.6. The molecule has 5 rings (SSSR count). The lowest BCUT2D eigenvalue weighted by Gasteiger charge is -2.30. The standard InChI is InChI=1S/C25H31ClN8O3/c1-14(35)10-23(36)31-17-6-4-16(5-7-17)30-22-12-19(29-15-2-3-15)24-28-13-20(34(24)33-22)25(37)32-18-8-9-27-21(26)11-18/h8-9,11-17,29,35H,2-7,10H2,1H3,(H,30,33)(H,31,36)(H,27,32,37)/t14-,16-,17-/m1/s1. The van der Waals surface area contributed by atoms with Gasteiger partial charge in [0.25, 0.3) is 5.91 Å². The highest BCUT2D eigenvalue weighted by Crippen LogP contribution is 2.30. The third kappa shape index (κ3) is 6.47. The van der Waals surface area contributed by atoms with E-state index in [0.29, 0.717) is 28.9 Å². The van der Waals surface area contributed by atoms with Crippen LogP contribution in [0.4, 0.5) is 17.2 Å². The molecular formula is C25H31ClN8O3. The summed E-state index contributed by atoms with van der Waals surface area (Å²) in [6.45, 7) is 1.61. The van der Waals surface area contributed by atoms with Crippen LogP contribution < -0.4 is 21.3 Å². The molecule has 5 N–H and O–H groups in total. The minimum atomic E-state index is -0.643. The molecule has 2 aliphatic rings. The SMILES string of the molecule is C[C@@H](O)CC(=O)N[C@H]1CC[C@H](Nc2cc(NC3CC3)c3ncc(C(=O)Nc4ccnc(Cl)c4)n3n2)CC1. The summed E-state index contributed by atoms with van der Waals surface area (Å²) in [7, 11) is 0. The molecule has 12 heteroatoms. The van der Waals surface area contributed by atoms with Crippen LogP contribution in [-0.2, 0) is 4.79 Å². The smallest absolute Gasteiger partial charge is 0.276 e. The van der Waals surface area contributed by atoms with Crippen molar-refractivity contribution in [1.82, 2.24) is 24.9 Å². The highest BCUT2D eigenvalue weighted by atomic mass is 35.5. The topological polar surface area (TPSA) is 146 Å². The second-order valence-electron chi connectivity index (χ2n) is 9.88. The predicted molar refractivity (Wildman–Crippen MR) is 141 cm³/mol. The molecule has 3 heterocycles. The lowest BCUT2D eigenvalue weighted by Crippen LogP contribution is -2.41. The number of hydrogen-bond donors (Lipinski definition) is 5. The number of aromatic nitrogens is 4. The number of carbonyl (C=O) groups is 2. The van der Waals surface area contributed by atoms with Gasteiger partial charge in [-0.25, -0.2) is 14.5 Å². The Bertz CT molecular complexity index is 1280. The molecule has 1 atom stereocenters. The van der Waals surface area contributed by atoms with Crippen molar-refractivity contribution < 1.29 is 14.7 Å². The van der Waals surface area contributed by atoms with E-state index in [1.54, 1.807) is 23.6 Å². The number of aliphatic hydroxyl groups excluding tert-OH is 1. The van der Waals surface area contributed by atoms with Crippen LogP contribution in [0.15, 0.2) is 30.6 Å². The van der Waals surface area contributed by atoms with Crippen LogP contribution in [0.25, 0.3) is 5.65 Å². The van der Waals surface area contributed by atoms with E-state index in [2.05, 4.69) is 31.2 Å². The summed E-state index contributed by atoms with van der Waals surface area (Å²) in [5.74, 6) is 0.177. The molecule has 0 aromatic carbocycles. The first-order chi connectivity index (χ1) is 17.8. The van der Waals surface area contributed by atoms with Crippen LogP contribution in [0.2, 0.25) is 5.15 Å². The van der Waals surface area contributed by atoms with Crippen molar-refractivity contribution in [3.05, 3.63) is 41.4 Å². The molecule has 0 unspecified atom stereocenters. The third-order valence-corrected chi connectivity index (χ3v) is 6.75. The number of carbonyl (C=O) groups excluding carboxylic acids is 2. The van der Waals surface area contributed by atoms with Crippen molar-refractivity contribution in [2.75, 3.05) is 16.0 Å². The lowest BCUT2D eigenvalue weighted by atomic mass is 9.91. The van der Waals surface area contributed by atoms with Gasteiger partial charge < -0.3 is 26.4 Å². The van der Waals surface area contributed by atoms with E-state index < -0.39 is 6.10 Å². The summed E-state index contributed by atoms with van der Waals surface area (Å²) in [5.41, 5.74) is 2.24. The first-order valence-corrected chi connectivity index (χ1v) is 13.0. The van der Waals surface area contributed by atoms with Crippen molar-refractivity contribution in [1.29, 1.82) is 0 Å². The number of aliphatic hydroxyl groups is 1. The Balaban J connectivity index is 1.31. The number of fused-ring (bicyclic) bond motifs is 1. The molecule has 3 aromatic rings. The van der Waals surface area contributed by atoms with Crippen LogP contribution in [0.5, 0.6) is 0 Å². The molecule has 0 aliphatic heterocycles. The van der Waals surface area contributed by atoms with Crippen molar-refractivity contribution >= 4 is 46.3 Å². The average molecular weight is 527 g/mol. The maximum atomic E-state index is 13.1. The quantitative estimate of drug-likeness (QED) is 0.267. The molecule has 2 aliphatic carbocycles. The molecule has 2 fully saturated rings. The van der Waals surface area contributed by atoms with Crippen LogP contribution in [0.1, 0.15) is 62.4 Å². The maximum Gasteiger partial charge on any atom is 0.276 e. The summed E-state index contributed by atoms with van der Waals surface area (Å²) in [5, 5.41) is 27.3. The molecule has 3 aromatic heterocycles. The number of rotatable bonds is 9. The summed E-state index contributed by atoms with van der Waals surface area (Å²) in [6, 6.07) is 5.87. The van der Waals surface area contributed by atoms with Crippen molar-refractivity contribution in [3.63, 3.8) is 0 Å². The zero-order chi connectivity index (χ0) is 25.9. The van der Waals surface area contributed by atoms with Gasteiger partial charge in [0.05, 0.1) is 24.4 Å². The van der Waals surface area contributed by atoms with Crippen molar-refractivity contribution in [3.8, 4) is 0 Å². The molecule has 196 valence electrons. The van der Waals surface area contributed by atoms with Gasteiger partial charge >= 0.3 is 0 Å². The normalized spacial score (nSPS) is 20.3. The molecule has 0 radical (unpaired) electrons. The summed E-state index contributed by atoms with van der Waals surface area (Å²) < 4.78 is 1.56. The van der Waals surface area contributed by atoms with Crippen LogP contribution in [-0.4, -0.2) is 60.7 Å². The van der Waals surface area contributed by atoms with Gasteiger partial charge in [-0.05, 0) is 57.6 Å². The zero-order valence-corrected chi connectivity index (χ0v) is 21.3. The number of halogens is 1. The monoisotopic (exact) mass is 526 g/mol. The molecule has 0 saturated heterocycles. The number of nitrogens with zero attached hydrogens (tertiary/aromatic N) is 4. The number of imidazole rings is 1. The highest BCUT2D eigenvalue weighted by Gasteiger charge is 2.26. The minimum Gasteiger partial charge on any atom is -0.393 e. The van der Waals surface area contributed by atoms with Gasteiger partial charge in [0.15, 0.2) is 11.3 Å². The Morgan fingerprint density at radius 1 is 1.08 bits per heavy atom. The van der Waals surface area contributed by atoms with Crippen LogP contribution in [0, 0.1) is 0 Å². The van der Waals surface area contributed by atoms with Gasteiger partial charge in [-0.1, -0.05) is 11.6 Å². The number of anilines is 3. The summed E-state index contributed by atoms with van der Waals surface area (Å²) >= 11 is 5.95. The Kier molecular flexibility index (Phi) is 7.43. The lowest BCUT2D eigenvalue weighted by molar-refractivity contribution is -0.123. The van der Waals surface area contributed by atoms with E-state index in [1.165, 1.54) is 12.4 Å². The van der Waals surface area contributed by atoms with E-state index in [1.807, 2.05) is 6.07 Å². The minimum absolute atomic E-state index is 0.109. The predicted octanol–water partition coefficient (Wildman–Crippen LogP) is 3.21. The maximum absolute atomic E-state index is 13.1. The Morgan fingerprint density at radius 3 is 2.49 bits per heavy atom. The van der Waals surface area contributed by atoms with E-state index in [-0.39, 0.29) is 35.5 Å². The molecule has 0 bridgehead atoms. The molecule has 0 spiro atoms. The van der Waals surface area contributed by atoms with Gasteiger partial charge in [-0.2, -0.15) is 0 Å². The fraction of sp³-hybridized carbons (Fsp3) is 0.480.